The third-order valence-electron chi connectivity index (χ3n) is 3.07. The molecule has 1 atom stereocenters. The lowest BCUT2D eigenvalue weighted by Gasteiger charge is -2.18. The molecule has 2 aromatic rings. The van der Waals surface area contributed by atoms with Crippen molar-refractivity contribution in [3.05, 3.63) is 46.8 Å². The van der Waals surface area contributed by atoms with E-state index in [9.17, 15) is 0 Å². The quantitative estimate of drug-likeness (QED) is 0.815. The van der Waals surface area contributed by atoms with Gasteiger partial charge in [0, 0.05) is 11.8 Å². The van der Waals surface area contributed by atoms with Gasteiger partial charge in [-0.2, -0.15) is 0 Å². The second kappa shape index (κ2) is 6.95. The fraction of sp³-hybridized carbons (Fsp3) is 0.438. The molecule has 0 saturated carbocycles. The van der Waals surface area contributed by atoms with Gasteiger partial charge >= 0.3 is 0 Å². The van der Waals surface area contributed by atoms with E-state index >= 15 is 0 Å². The van der Waals surface area contributed by atoms with Crippen molar-refractivity contribution in [3.8, 4) is 0 Å². The van der Waals surface area contributed by atoms with E-state index in [0.29, 0.717) is 6.04 Å². The molecule has 4 heteroatoms. The van der Waals surface area contributed by atoms with Crippen LogP contribution in [0.3, 0.4) is 0 Å². The number of rotatable bonds is 6. The van der Waals surface area contributed by atoms with Gasteiger partial charge in [-0.1, -0.05) is 48.0 Å². The predicted molar refractivity (Wildman–Crippen MR) is 84.3 cm³/mol. The zero-order chi connectivity index (χ0) is 14.5. The Morgan fingerprint density at radius 2 is 1.90 bits per heavy atom. The van der Waals surface area contributed by atoms with Crippen molar-refractivity contribution in [1.82, 2.24) is 10.3 Å². The zero-order valence-electron chi connectivity index (χ0n) is 12.6. The first-order valence-electron chi connectivity index (χ1n) is 6.95. The lowest BCUT2D eigenvalue weighted by atomic mass is 10.0. The molecule has 1 aromatic carbocycles. The topological polar surface area (TPSA) is 38.1 Å². The second-order valence-electron chi connectivity index (χ2n) is 5.10. The van der Waals surface area contributed by atoms with Gasteiger partial charge in [0.05, 0.1) is 5.69 Å². The maximum absolute atomic E-state index is 5.40. The SMILES string of the molecule is CCNC(CSc1nc(C)co1)c1cc(C)cc(C)c1. The van der Waals surface area contributed by atoms with Gasteiger partial charge < -0.3 is 9.73 Å². The van der Waals surface area contributed by atoms with E-state index in [1.54, 1.807) is 18.0 Å². The monoisotopic (exact) mass is 290 g/mol. The largest absolute Gasteiger partial charge is 0.440 e. The molecule has 1 aromatic heterocycles. The number of oxazole rings is 1. The first-order valence-corrected chi connectivity index (χ1v) is 7.93. The second-order valence-corrected chi connectivity index (χ2v) is 6.07. The first kappa shape index (κ1) is 15.1. The highest BCUT2D eigenvalue weighted by atomic mass is 32.2. The molecule has 0 bridgehead atoms. The van der Waals surface area contributed by atoms with Crippen LogP contribution in [0.5, 0.6) is 0 Å². The first-order chi connectivity index (χ1) is 9.58. The number of aryl methyl sites for hydroxylation is 3. The summed E-state index contributed by atoms with van der Waals surface area (Å²) in [6, 6.07) is 7.02. The molecular formula is C16H22N2OS. The number of nitrogens with one attached hydrogen (secondary N) is 1. The van der Waals surface area contributed by atoms with E-state index in [-0.39, 0.29) is 0 Å². The number of benzene rings is 1. The molecule has 0 aliphatic rings. The van der Waals surface area contributed by atoms with Crippen LogP contribution in [0, 0.1) is 20.8 Å². The number of hydrogen-bond acceptors (Lipinski definition) is 4. The molecule has 108 valence electrons. The van der Waals surface area contributed by atoms with Crippen LogP contribution in [0.15, 0.2) is 34.1 Å². The van der Waals surface area contributed by atoms with Crippen LogP contribution in [0.25, 0.3) is 0 Å². The molecular weight excluding hydrogens is 268 g/mol. The fourth-order valence-corrected chi connectivity index (χ4v) is 3.23. The number of thioether (sulfide) groups is 1. The summed E-state index contributed by atoms with van der Waals surface area (Å²) >= 11 is 1.66. The Bertz CT molecular complexity index is 545. The van der Waals surface area contributed by atoms with Crippen LogP contribution in [0.2, 0.25) is 0 Å². The molecule has 0 saturated heterocycles. The molecule has 0 radical (unpaired) electrons. The van der Waals surface area contributed by atoms with Crippen LogP contribution in [-0.2, 0) is 0 Å². The molecule has 3 nitrogen and oxygen atoms in total. The lowest BCUT2D eigenvalue weighted by Crippen LogP contribution is -2.23. The number of aromatic nitrogens is 1. The Labute approximate surface area is 125 Å². The minimum atomic E-state index is 0.316. The highest BCUT2D eigenvalue weighted by molar-refractivity contribution is 7.99. The normalized spacial score (nSPS) is 12.6. The van der Waals surface area contributed by atoms with Gasteiger partial charge in [-0.3, -0.25) is 0 Å². The van der Waals surface area contributed by atoms with Gasteiger partial charge in [0.2, 0.25) is 0 Å². The average Bonchev–Trinajstić information content (AvgIpc) is 2.79. The molecule has 0 aliphatic heterocycles. The summed E-state index contributed by atoms with van der Waals surface area (Å²) in [7, 11) is 0. The molecule has 20 heavy (non-hydrogen) atoms. The molecule has 1 unspecified atom stereocenters. The number of hydrogen-bond donors (Lipinski definition) is 1. The van der Waals surface area contributed by atoms with Crippen molar-refractivity contribution in [2.45, 2.75) is 39.0 Å². The molecule has 2 rings (SSSR count). The average molecular weight is 290 g/mol. The summed E-state index contributed by atoms with van der Waals surface area (Å²) in [5, 5.41) is 4.29. The Morgan fingerprint density at radius 1 is 1.20 bits per heavy atom. The zero-order valence-corrected chi connectivity index (χ0v) is 13.4. The minimum absolute atomic E-state index is 0.316. The van der Waals surface area contributed by atoms with E-state index in [1.807, 2.05) is 6.92 Å². The van der Waals surface area contributed by atoms with Gasteiger partial charge in [0.25, 0.3) is 5.22 Å². The van der Waals surface area contributed by atoms with Crippen LogP contribution in [0.1, 0.15) is 35.3 Å². The smallest absolute Gasteiger partial charge is 0.255 e. The summed E-state index contributed by atoms with van der Waals surface area (Å²) in [4.78, 5) is 4.34. The molecule has 0 fully saturated rings. The summed E-state index contributed by atoms with van der Waals surface area (Å²) < 4.78 is 5.40. The molecule has 1 N–H and O–H groups in total. The van der Waals surface area contributed by atoms with E-state index in [4.69, 9.17) is 4.42 Å². The molecule has 0 amide bonds. The Balaban J connectivity index is 2.09. The van der Waals surface area contributed by atoms with Crippen LogP contribution in [-0.4, -0.2) is 17.3 Å². The lowest BCUT2D eigenvalue weighted by molar-refractivity contribution is 0.453. The van der Waals surface area contributed by atoms with Crippen molar-refractivity contribution in [3.63, 3.8) is 0 Å². The Kier molecular flexibility index (Phi) is 5.26. The van der Waals surface area contributed by atoms with Crippen molar-refractivity contribution < 1.29 is 4.42 Å². The summed E-state index contributed by atoms with van der Waals surface area (Å²) in [5.74, 6) is 0.913. The standard InChI is InChI=1S/C16H22N2OS/c1-5-17-15(10-20-16-18-13(4)9-19-16)14-7-11(2)6-12(3)8-14/h6-9,15,17H,5,10H2,1-4H3. The molecule has 0 spiro atoms. The van der Waals surface area contributed by atoms with Gasteiger partial charge in [-0.05, 0) is 32.9 Å². The Hall–Kier alpha value is -1.26. The van der Waals surface area contributed by atoms with E-state index in [0.717, 1.165) is 23.2 Å². The van der Waals surface area contributed by atoms with Gasteiger partial charge in [-0.15, -0.1) is 0 Å². The predicted octanol–water partition coefficient (Wildman–Crippen LogP) is 4.04. The van der Waals surface area contributed by atoms with Crippen LogP contribution >= 0.6 is 11.8 Å². The molecule has 1 heterocycles. The summed E-state index contributed by atoms with van der Waals surface area (Å²) in [6.07, 6.45) is 1.70. The third kappa shape index (κ3) is 4.12. The van der Waals surface area contributed by atoms with Gasteiger partial charge in [-0.25, -0.2) is 4.98 Å². The van der Waals surface area contributed by atoms with Crippen molar-refractivity contribution in [2.24, 2.45) is 0 Å². The van der Waals surface area contributed by atoms with Gasteiger partial charge in [0.1, 0.15) is 6.26 Å². The number of nitrogens with zero attached hydrogens (tertiary/aromatic N) is 1. The fourth-order valence-electron chi connectivity index (χ4n) is 2.28. The van der Waals surface area contributed by atoms with Crippen molar-refractivity contribution in [2.75, 3.05) is 12.3 Å². The van der Waals surface area contributed by atoms with Crippen LogP contribution in [0.4, 0.5) is 0 Å². The Morgan fingerprint density at radius 3 is 2.45 bits per heavy atom. The maximum atomic E-state index is 5.40. The van der Waals surface area contributed by atoms with Crippen molar-refractivity contribution >= 4 is 11.8 Å². The molecule has 0 aliphatic carbocycles. The van der Waals surface area contributed by atoms with Crippen molar-refractivity contribution in [1.29, 1.82) is 0 Å². The van der Waals surface area contributed by atoms with E-state index < -0.39 is 0 Å². The minimum Gasteiger partial charge on any atom is -0.440 e. The maximum Gasteiger partial charge on any atom is 0.255 e. The van der Waals surface area contributed by atoms with Crippen LogP contribution < -0.4 is 5.32 Å². The third-order valence-corrected chi connectivity index (χ3v) is 4.00. The summed E-state index contributed by atoms with van der Waals surface area (Å²) in [5.41, 5.74) is 4.87. The highest BCUT2D eigenvalue weighted by Crippen LogP contribution is 2.25. The highest BCUT2D eigenvalue weighted by Gasteiger charge is 2.13. The van der Waals surface area contributed by atoms with E-state index in [1.165, 1.54) is 16.7 Å². The van der Waals surface area contributed by atoms with E-state index in [2.05, 4.69) is 49.3 Å². The van der Waals surface area contributed by atoms with Gasteiger partial charge in [0.15, 0.2) is 0 Å². The summed E-state index contributed by atoms with van der Waals surface area (Å²) in [6.45, 7) is 9.31.